The largest absolute Gasteiger partial charge is 0.408 e. The van der Waals surface area contributed by atoms with E-state index < -0.39 is 28.1 Å². The molecule has 3 aromatic rings. The van der Waals surface area contributed by atoms with Gasteiger partial charge in [-0.05, 0) is 29.8 Å². The quantitative estimate of drug-likeness (QED) is 0.678. The summed E-state index contributed by atoms with van der Waals surface area (Å²) in [6.45, 7) is -1.53. The molecule has 10 heteroatoms. The summed E-state index contributed by atoms with van der Waals surface area (Å²) < 4.78 is 62.0. The van der Waals surface area contributed by atoms with Crippen molar-refractivity contribution in [2.24, 2.45) is 0 Å². The van der Waals surface area contributed by atoms with E-state index in [-0.39, 0.29) is 16.1 Å². The maximum Gasteiger partial charge on any atom is 0.408 e. The maximum atomic E-state index is 12.8. The van der Waals surface area contributed by atoms with E-state index in [9.17, 15) is 26.4 Å². The molecule has 29 heavy (non-hydrogen) atoms. The highest BCUT2D eigenvalue weighted by molar-refractivity contribution is 7.90. The van der Waals surface area contributed by atoms with Crippen LogP contribution in [-0.2, 0) is 16.4 Å². The molecule has 0 saturated heterocycles. The fraction of sp³-hybridized carbons (Fsp3) is 0.158. The molecule has 0 atom stereocenters. The van der Waals surface area contributed by atoms with Gasteiger partial charge in [0.25, 0.3) is 5.56 Å². The third kappa shape index (κ3) is 5.02. The second-order valence-electron chi connectivity index (χ2n) is 6.30. The van der Waals surface area contributed by atoms with Crippen LogP contribution in [0.5, 0.6) is 0 Å². The minimum Gasteiger partial charge on any atom is -0.350 e. The zero-order chi connectivity index (χ0) is 21.2. The topological polar surface area (TPSA) is 81.1 Å². The molecule has 0 aliphatic carbocycles. The van der Waals surface area contributed by atoms with Crippen molar-refractivity contribution >= 4 is 21.2 Å². The lowest BCUT2D eigenvalue weighted by Gasteiger charge is -2.15. The van der Waals surface area contributed by atoms with E-state index in [0.717, 1.165) is 12.5 Å². The zero-order valence-electron chi connectivity index (χ0n) is 15.1. The van der Waals surface area contributed by atoms with Gasteiger partial charge in [-0.1, -0.05) is 30.3 Å². The van der Waals surface area contributed by atoms with E-state index in [4.69, 9.17) is 0 Å². The van der Waals surface area contributed by atoms with Gasteiger partial charge in [-0.25, -0.2) is 13.1 Å². The van der Waals surface area contributed by atoms with Crippen molar-refractivity contribution in [3.8, 4) is 11.1 Å². The van der Waals surface area contributed by atoms with Gasteiger partial charge in [-0.15, -0.1) is 0 Å². The number of rotatable bonds is 5. The van der Waals surface area contributed by atoms with E-state index in [1.807, 2.05) is 0 Å². The SMILES string of the molecule is CS(=O)(=O)c1ccc(-c2cnn(CC(F)(F)F)c(=O)c2Nc2ccccc2)cc1. The van der Waals surface area contributed by atoms with Crippen molar-refractivity contribution in [1.29, 1.82) is 0 Å². The average molecular weight is 423 g/mol. The molecular formula is C19H16F3N3O3S. The molecule has 1 aromatic heterocycles. The molecule has 0 fully saturated rings. The summed E-state index contributed by atoms with van der Waals surface area (Å²) in [6, 6.07) is 14.1. The molecule has 0 aliphatic heterocycles. The summed E-state index contributed by atoms with van der Waals surface area (Å²) >= 11 is 0. The number of halogens is 3. The number of nitrogens with zero attached hydrogens (tertiary/aromatic N) is 2. The number of nitrogens with one attached hydrogen (secondary N) is 1. The van der Waals surface area contributed by atoms with Crippen molar-refractivity contribution in [2.45, 2.75) is 17.6 Å². The predicted octanol–water partition coefficient (Wildman–Crippen LogP) is 3.62. The van der Waals surface area contributed by atoms with Crippen LogP contribution in [0.4, 0.5) is 24.5 Å². The van der Waals surface area contributed by atoms with Crippen LogP contribution < -0.4 is 10.9 Å². The van der Waals surface area contributed by atoms with Gasteiger partial charge in [0.2, 0.25) is 0 Å². The van der Waals surface area contributed by atoms with Gasteiger partial charge in [0.1, 0.15) is 12.2 Å². The Morgan fingerprint density at radius 1 is 1.03 bits per heavy atom. The van der Waals surface area contributed by atoms with Crippen molar-refractivity contribution in [2.75, 3.05) is 11.6 Å². The van der Waals surface area contributed by atoms with Crippen LogP contribution >= 0.6 is 0 Å². The fourth-order valence-electron chi connectivity index (χ4n) is 2.66. The third-order valence-corrected chi connectivity index (χ3v) is 5.14. The van der Waals surface area contributed by atoms with Crippen molar-refractivity contribution in [1.82, 2.24) is 9.78 Å². The molecule has 0 spiro atoms. The van der Waals surface area contributed by atoms with Gasteiger partial charge in [-0.2, -0.15) is 18.3 Å². The molecule has 0 unspecified atom stereocenters. The van der Waals surface area contributed by atoms with Crippen molar-refractivity contribution in [3.63, 3.8) is 0 Å². The van der Waals surface area contributed by atoms with Gasteiger partial charge in [0.15, 0.2) is 9.84 Å². The number of benzene rings is 2. The van der Waals surface area contributed by atoms with Gasteiger partial charge in [0, 0.05) is 17.5 Å². The summed E-state index contributed by atoms with van der Waals surface area (Å²) in [5, 5.41) is 6.49. The van der Waals surface area contributed by atoms with E-state index in [1.165, 1.54) is 24.3 Å². The van der Waals surface area contributed by atoms with Crippen LogP contribution in [0.25, 0.3) is 11.1 Å². The average Bonchev–Trinajstić information content (AvgIpc) is 2.64. The predicted molar refractivity (Wildman–Crippen MR) is 103 cm³/mol. The molecule has 0 saturated carbocycles. The molecule has 152 valence electrons. The fourth-order valence-corrected chi connectivity index (χ4v) is 3.29. The first kappa shape index (κ1) is 20.6. The lowest BCUT2D eigenvalue weighted by molar-refractivity contribution is -0.143. The Kier molecular flexibility index (Phi) is 5.47. The van der Waals surface area contributed by atoms with Crippen LogP contribution in [0.1, 0.15) is 0 Å². The summed E-state index contributed by atoms with van der Waals surface area (Å²) in [6.07, 6.45) is -2.41. The van der Waals surface area contributed by atoms with E-state index in [0.29, 0.717) is 15.9 Å². The molecular weight excluding hydrogens is 407 g/mol. The van der Waals surface area contributed by atoms with E-state index in [2.05, 4.69) is 10.4 Å². The van der Waals surface area contributed by atoms with E-state index in [1.54, 1.807) is 30.3 Å². The minimum absolute atomic E-state index is 0.0807. The summed E-state index contributed by atoms with van der Waals surface area (Å²) in [7, 11) is -3.42. The van der Waals surface area contributed by atoms with Crippen molar-refractivity contribution in [3.05, 3.63) is 71.1 Å². The number of sulfone groups is 1. The van der Waals surface area contributed by atoms with Gasteiger partial charge >= 0.3 is 6.18 Å². The lowest BCUT2D eigenvalue weighted by atomic mass is 10.1. The Morgan fingerprint density at radius 2 is 1.66 bits per heavy atom. The highest BCUT2D eigenvalue weighted by Crippen LogP contribution is 2.28. The number of anilines is 2. The molecule has 2 aromatic carbocycles. The van der Waals surface area contributed by atoms with Gasteiger partial charge in [0.05, 0.1) is 11.1 Å². The minimum atomic E-state index is -4.61. The first-order valence-electron chi connectivity index (χ1n) is 8.34. The monoisotopic (exact) mass is 423 g/mol. The number of aromatic nitrogens is 2. The van der Waals surface area contributed by atoms with Crippen LogP contribution in [0, 0.1) is 0 Å². The van der Waals surface area contributed by atoms with Crippen LogP contribution in [-0.4, -0.2) is 30.6 Å². The molecule has 0 amide bonds. The molecule has 0 radical (unpaired) electrons. The number of para-hydroxylation sites is 1. The second kappa shape index (κ2) is 7.70. The van der Waals surface area contributed by atoms with Crippen LogP contribution in [0.2, 0.25) is 0 Å². The van der Waals surface area contributed by atoms with E-state index >= 15 is 0 Å². The number of alkyl halides is 3. The molecule has 1 heterocycles. The third-order valence-electron chi connectivity index (χ3n) is 4.01. The number of hydrogen-bond donors (Lipinski definition) is 1. The maximum absolute atomic E-state index is 12.8. The highest BCUT2D eigenvalue weighted by atomic mass is 32.2. The normalized spacial score (nSPS) is 12.0. The Labute approximate surface area is 164 Å². The van der Waals surface area contributed by atoms with Gasteiger partial charge in [-0.3, -0.25) is 4.79 Å². The molecule has 3 rings (SSSR count). The second-order valence-corrected chi connectivity index (χ2v) is 8.31. The Morgan fingerprint density at radius 3 is 2.21 bits per heavy atom. The van der Waals surface area contributed by atoms with Crippen LogP contribution in [0.3, 0.4) is 0 Å². The Hall–Kier alpha value is -3.14. The molecule has 0 bridgehead atoms. The first-order valence-corrected chi connectivity index (χ1v) is 10.2. The van der Waals surface area contributed by atoms with Gasteiger partial charge < -0.3 is 5.32 Å². The summed E-state index contributed by atoms with van der Waals surface area (Å²) in [5.74, 6) is 0. The zero-order valence-corrected chi connectivity index (χ0v) is 16.0. The standard InChI is InChI=1S/C19H16F3N3O3S/c1-29(27,28)15-9-7-13(8-10-15)16-11-23-25(12-19(20,21)22)18(26)17(16)24-14-5-3-2-4-6-14/h2-11,24H,12H2,1H3. The van der Waals surface area contributed by atoms with Crippen molar-refractivity contribution < 1.29 is 21.6 Å². The molecule has 6 nitrogen and oxygen atoms in total. The summed E-state index contributed by atoms with van der Waals surface area (Å²) in [4.78, 5) is 12.8. The first-order chi connectivity index (χ1) is 13.5. The highest BCUT2D eigenvalue weighted by Gasteiger charge is 2.30. The van der Waals surface area contributed by atoms with Crippen LogP contribution in [0.15, 0.2) is 70.5 Å². The number of hydrogen-bond acceptors (Lipinski definition) is 5. The molecule has 0 aliphatic rings. The smallest absolute Gasteiger partial charge is 0.350 e. The summed E-state index contributed by atoms with van der Waals surface area (Å²) in [5.41, 5.74) is 0.138. The lowest BCUT2D eigenvalue weighted by Crippen LogP contribution is -2.31. The molecule has 1 N–H and O–H groups in total. The Bertz CT molecular complexity index is 1170. The Balaban J connectivity index is 2.13.